The lowest BCUT2D eigenvalue weighted by Crippen LogP contribution is -1.95. The van der Waals surface area contributed by atoms with Crippen LogP contribution in [0.3, 0.4) is 0 Å². The van der Waals surface area contributed by atoms with E-state index in [2.05, 4.69) is 26.0 Å². The lowest BCUT2D eigenvalue weighted by molar-refractivity contribution is -0.137. The van der Waals surface area contributed by atoms with Gasteiger partial charge in [0.1, 0.15) is 0 Å². The van der Waals surface area contributed by atoms with Crippen LogP contribution in [0.25, 0.3) is 0 Å². The van der Waals surface area contributed by atoms with E-state index >= 15 is 0 Å². The SMILES string of the molecule is CCCCC/C=C\CC[C@@H](C)CCCCCCCC(=O)O. The molecule has 0 saturated carbocycles. The molecule has 0 aromatic carbocycles. The number of carboxylic acids is 1. The highest BCUT2D eigenvalue weighted by atomic mass is 16.4. The van der Waals surface area contributed by atoms with Crippen molar-refractivity contribution >= 4 is 5.97 Å². The topological polar surface area (TPSA) is 37.3 Å². The number of hydrogen-bond donors (Lipinski definition) is 1. The number of rotatable bonds is 15. The molecular weight excluding hydrogens is 260 g/mol. The molecule has 1 N–H and O–H groups in total. The van der Waals surface area contributed by atoms with E-state index in [1.54, 1.807) is 0 Å². The first-order chi connectivity index (χ1) is 10.2. The fraction of sp³-hybridized carbons (Fsp3) is 0.842. The summed E-state index contributed by atoms with van der Waals surface area (Å²) in [5, 5.41) is 8.55. The van der Waals surface area contributed by atoms with Crippen molar-refractivity contribution in [1.82, 2.24) is 0 Å². The molecule has 1 atom stereocenters. The van der Waals surface area contributed by atoms with Gasteiger partial charge in [0, 0.05) is 6.42 Å². The molecular formula is C19H36O2. The molecule has 0 spiro atoms. The molecule has 0 aromatic rings. The Kier molecular flexibility index (Phi) is 15.0. The Hall–Kier alpha value is -0.790. The molecule has 0 heterocycles. The van der Waals surface area contributed by atoms with E-state index in [9.17, 15) is 4.79 Å². The molecule has 21 heavy (non-hydrogen) atoms. The van der Waals surface area contributed by atoms with E-state index in [4.69, 9.17) is 5.11 Å². The summed E-state index contributed by atoms with van der Waals surface area (Å²) in [5.41, 5.74) is 0. The highest BCUT2D eigenvalue weighted by Gasteiger charge is 2.01. The Morgan fingerprint density at radius 2 is 1.57 bits per heavy atom. The van der Waals surface area contributed by atoms with Gasteiger partial charge < -0.3 is 5.11 Å². The maximum Gasteiger partial charge on any atom is 0.303 e. The van der Waals surface area contributed by atoms with Gasteiger partial charge in [-0.25, -0.2) is 0 Å². The Balaban J connectivity index is 3.26. The Labute approximate surface area is 132 Å². The number of unbranched alkanes of at least 4 members (excludes halogenated alkanes) is 7. The number of carboxylic acid groups (broad SMARTS) is 1. The third-order valence-electron chi connectivity index (χ3n) is 4.05. The normalized spacial score (nSPS) is 12.9. The van der Waals surface area contributed by atoms with Crippen LogP contribution in [0, 0.1) is 5.92 Å². The van der Waals surface area contributed by atoms with Crippen molar-refractivity contribution in [2.45, 2.75) is 97.3 Å². The predicted molar refractivity (Wildman–Crippen MR) is 91.6 cm³/mol. The summed E-state index contributed by atoms with van der Waals surface area (Å²) < 4.78 is 0. The highest BCUT2D eigenvalue weighted by molar-refractivity contribution is 5.66. The monoisotopic (exact) mass is 296 g/mol. The maximum atomic E-state index is 10.4. The van der Waals surface area contributed by atoms with Crippen molar-refractivity contribution in [3.63, 3.8) is 0 Å². The summed E-state index contributed by atoms with van der Waals surface area (Å²) in [6.45, 7) is 4.60. The summed E-state index contributed by atoms with van der Waals surface area (Å²) >= 11 is 0. The van der Waals surface area contributed by atoms with Crippen molar-refractivity contribution in [3.05, 3.63) is 12.2 Å². The zero-order chi connectivity index (χ0) is 15.8. The predicted octanol–water partition coefficient (Wildman–Crippen LogP) is 6.35. The van der Waals surface area contributed by atoms with E-state index in [0.717, 1.165) is 18.8 Å². The molecule has 0 amide bonds. The number of hydrogen-bond acceptors (Lipinski definition) is 1. The van der Waals surface area contributed by atoms with Crippen LogP contribution in [0.5, 0.6) is 0 Å². The first-order valence-corrected chi connectivity index (χ1v) is 9.03. The molecule has 2 heteroatoms. The lowest BCUT2D eigenvalue weighted by Gasteiger charge is -2.09. The van der Waals surface area contributed by atoms with Gasteiger partial charge in [0.2, 0.25) is 0 Å². The molecule has 0 unspecified atom stereocenters. The summed E-state index contributed by atoms with van der Waals surface area (Å²) in [4.78, 5) is 10.4. The van der Waals surface area contributed by atoms with Crippen molar-refractivity contribution < 1.29 is 9.90 Å². The Morgan fingerprint density at radius 1 is 0.905 bits per heavy atom. The molecule has 0 bridgehead atoms. The smallest absolute Gasteiger partial charge is 0.303 e. The average molecular weight is 296 g/mol. The van der Waals surface area contributed by atoms with E-state index in [1.807, 2.05) is 0 Å². The maximum absolute atomic E-state index is 10.4. The quantitative estimate of drug-likeness (QED) is 0.282. The van der Waals surface area contributed by atoms with Crippen LogP contribution >= 0.6 is 0 Å². The van der Waals surface area contributed by atoms with E-state index in [-0.39, 0.29) is 0 Å². The number of carbonyl (C=O) groups is 1. The van der Waals surface area contributed by atoms with Gasteiger partial charge in [-0.3, -0.25) is 4.79 Å². The number of aliphatic carboxylic acids is 1. The highest BCUT2D eigenvalue weighted by Crippen LogP contribution is 2.16. The lowest BCUT2D eigenvalue weighted by atomic mass is 9.97. The minimum absolute atomic E-state index is 0.334. The summed E-state index contributed by atoms with van der Waals surface area (Å²) in [6.07, 6.45) is 19.8. The molecule has 0 radical (unpaired) electrons. The van der Waals surface area contributed by atoms with Crippen LogP contribution in [0.2, 0.25) is 0 Å². The van der Waals surface area contributed by atoms with Crippen molar-refractivity contribution in [2.75, 3.05) is 0 Å². The van der Waals surface area contributed by atoms with Gasteiger partial charge in [0.25, 0.3) is 0 Å². The van der Waals surface area contributed by atoms with E-state index in [1.165, 1.54) is 64.2 Å². The third-order valence-corrected chi connectivity index (χ3v) is 4.05. The second-order valence-corrected chi connectivity index (χ2v) is 6.35. The van der Waals surface area contributed by atoms with Crippen molar-refractivity contribution in [3.8, 4) is 0 Å². The third kappa shape index (κ3) is 17.2. The number of allylic oxidation sites excluding steroid dienone is 2. The first-order valence-electron chi connectivity index (χ1n) is 9.03. The van der Waals surface area contributed by atoms with Crippen LogP contribution in [0.4, 0.5) is 0 Å². The molecule has 124 valence electrons. The van der Waals surface area contributed by atoms with Gasteiger partial charge in [0.15, 0.2) is 0 Å². The fourth-order valence-corrected chi connectivity index (χ4v) is 2.57. The van der Waals surface area contributed by atoms with Gasteiger partial charge in [-0.1, -0.05) is 70.9 Å². The van der Waals surface area contributed by atoms with Gasteiger partial charge >= 0.3 is 5.97 Å². The van der Waals surface area contributed by atoms with Crippen LogP contribution in [-0.4, -0.2) is 11.1 Å². The summed E-state index contributed by atoms with van der Waals surface area (Å²) in [5.74, 6) is 0.163. The van der Waals surface area contributed by atoms with Crippen LogP contribution < -0.4 is 0 Å². The zero-order valence-electron chi connectivity index (χ0n) is 14.3. The molecule has 0 saturated heterocycles. The minimum atomic E-state index is -0.661. The van der Waals surface area contributed by atoms with Crippen LogP contribution in [0.1, 0.15) is 97.3 Å². The van der Waals surface area contributed by atoms with Gasteiger partial charge in [-0.05, 0) is 38.0 Å². The summed E-state index contributed by atoms with van der Waals surface area (Å²) in [6, 6.07) is 0. The molecule has 2 nitrogen and oxygen atoms in total. The second kappa shape index (κ2) is 15.6. The van der Waals surface area contributed by atoms with Gasteiger partial charge in [-0.15, -0.1) is 0 Å². The first kappa shape index (κ1) is 20.2. The molecule has 0 rings (SSSR count). The van der Waals surface area contributed by atoms with Crippen LogP contribution in [0.15, 0.2) is 12.2 Å². The molecule has 0 aliphatic rings. The molecule has 0 fully saturated rings. The molecule has 0 aliphatic heterocycles. The van der Waals surface area contributed by atoms with Crippen molar-refractivity contribution in [2.24, 2.45) is 5.92 Å². The standard InChI is InChI=1S/C19H36O2/c1-3-4-5-6-7-9-12-15-18(2)16-13-10-8-11-14-17-19(20)21/h7,9,18H,3-6,8,10-17H2,1-2H3,(H,20,21)/b9-7-/t18-/m1/s1. The summed E-state index contributed by atoms with van der Waals surface area (Å²) in [7, 11) is 0. The fourth-order valence-electron chi connectivity index (χ4n) is 2.57. The molecule has 0 aromatic heterocycles. The van der Waals surface area contributed by atoms with Gasteiger partial charge in [-0.2, -0.15) is 0 Å². The molecule has 0 aliphatic carbocycles. The zero-order valence-corrected chi connectivity index (χ0v) is 14.3. The Morgan fingerprint density at radius 3 is 2.29 bits per heavy atom. The Bertz CT molecular complexity index is 258. The van der Waals surface area contributed by atoms with Gasteiger partial charge in [0.05, 0.1) is 0 Å². The minimum Gasteiger partial charge on any atom is -0.481 e. The van der Waals surface area contributed by atoms with Crippen LogP contribution in [-0.2, 0) is 4.79 Å². The van der Waals surface area contributed by atoms with E-state index < -0.39 is 5.97 Å². The largest absolute Gasteiger partial charge is 0.481 e. The average Bonchev–Trinajstić information content (AvgIpc) is 2.45. The second-order valence-electron chi connectivity index (χ2n) is 6.35. The van der Waals surface area contributed by atoms with E-state index in [0.29, 0.717) is 6.42 Å². The van der Waals surface area contributed by atoms with Crippen molar-refractivity contribution in [1.29, 1.82) is 0 Å².